The van der Waals surface area contributed by atoms with Gasteiger partial charge in [-0.25, -0.2) is 4.79 Å². The summed E-state index contributed by atoms with van der Waals surface area (Å²) in [5.41, 5.74) is 7.99. The standard InChI is InChI=1S/C21H23F3N2O3/c1-13(2)12-15-4-6-16(7-5-15)14(3)20(27)29-26-19(25)17-8-10-18(11-9-17)28-21(22,23)24/h4-11,13-14H,12H2,1-3H3,(H2,25,26)/t14-/m0/s1. The van der Waals surface area contributed by atoms with Crippen LogP contribution in [0.25, 0.3) is 0 Å². The maximum Gasteiger partial charge on any atom is 0.573 e. The fourth-order valence-corrected chi connectivity index (χ4v) is 2.60. The molecule has 0 aliphatic rings. The lowest BCUT2D eigenvalue weighted by Crippen LogP contribution is -2.18. The number of nitrogens with two attached hydrogens (primary N) is 1. The molecule has 0 aliphatic heterocycles. The SMILES string of the molecule is CC(C)Cc1ccc([C@H](C)C(=O)O/N=C(/N)c2ccc(OC(F)(F)F)cc2)cc1. The molecule has 2 rings (SSSR count). The summed E-state index contributed by atoms with van der Waals surface area (Å²) in [5, 5.41) is 3.58. The maximum absolute atomic E-state index is 12.2. The summed E-state index contributed by atoms with van der Waals surface area (Å²) < 4.78 is 40.3. The number of rotatable bonds is 7. The zero-order chi connectivity index (χ0) is 21.6. The number of hydrogen-bond donors (Lipinski definition) is 1. The second-order valence-corrected chi connectivity index (χ2v) is 7.02. The van der Waals surface area contributed by atoms with Crippen molar-refractivity contribution in [2.75, 3.05) is 0 Å². The second kappa shape index (κ2) is 9.45. The molecule has 2 N–H and O–H groups in total. The van der Waals surface area contributed by atoms with E-state index < -0.39 is 18.2 Å². The van der Waals surface area contributed by atoms with Crippen LogP contribution in [-0.2, 0) is 16.1 Å². The van der Waals surface area contributed by atoms with Crippen molar-refractivity contribution in [2.24, 2.45) is 16.8 Å². The summed E-state index contributed by atoms with van der Waals surface area (Å²) >= 11 is 0. The number of hydrogen-bond acceptors (Lipinski definition) is 4. The second-order valence-electron chi connectivity index (χ2n) is 7.02. The van der Waals surface area contributed by atoms with Crippen LogP contribution in [0.2, 0.25) is 0 Å². The van der Waals surface area contributed by atoms with Gasteiger partial charge in [0.1, 0.15) is 5.75 Å². The van der Waals surface area contributed by atoms with Crippen LogP contribution in [0.1, 0.15) is 43.4 Å². The molecule has 29 heavy (non-hydrogen) atoms. The van der Waals surface area contributed by atoms with Crippen molar-refractivity contribution in [3.8, 4) is 5.75 Å². The van der Waals surface area contributed by atoms with Gasteiger partial charge in [0, 0.05) is 5.56 Å². The van der Waals surface area contributed by atoms with Crippen LogP contribution in [0.5, 0.6) is 5.75 Å². The molecule has 2 aromatic rings. The summed E-state index contributed by atoms with van der Waals surface area (Å²) in [5.74, 6) is -1.14. The molecule has 0 unspecified atom stereocenters. The first-order valence-corrected chi connectivity index (χ1v) is 9.04. The van der Waals surface area contributed by atoms with Crippen molar-refractivity contribution in [1.82, 2.24) is 0 Å². The van der Waals surface area contributed by atoms with E-state index in [9.17, 15) is 18.0 Å². The molecular weight excluding hydrogens is 385 g/mol. The van der Waals surface area contributed by atoms with Crippen molar-refractivity contribution in [1.29, 1.82) is 0 Å². The first kappa shape index (κ1) is 22.3. The Hall–Kier alpha value is -3.03. The van der Waals surface area contributed by atoms with Gasteiger partial charge in [-0.05, 0) is 54.7 Å². The molecule has 1 atom stereocenters. The number of nitrogens with zero attached hydrogens (tertiary/aromatic N) is 1. The Labute approximate surface area is 167 Å². The molecule has 8 heteroatoms. The first-order chi connectivity index (χ1) is 13.5. The van der Waals surface area contributed by atoms with Crippen LogP contribution in [0.15, 0.2) is 53.7 Å². The Morgan fingerprint density at radius 2 is 1.62 bits per heavy atom. The fourth-order valence-electron chi connectivity index (χ4n) is 2.60. The lowest BCUT2D eigenvalue weighted by atomic mass is 9.97. The predicted molar refractivity (Wildman–Crippen MR) is 103 cm³/mol. The summed E-state index contributed by atoms with van der Waals surface area (Å²) in [6.45, 7) is 5.95. The van der Waals surface area contributed by atoms with Gasteiger partial charge in [-0.15, -0.1) is 13.2 Å². The fraction of sp³-hybridized carbons (Fsp3) is 0.333. The minimum absolute atomic E-state index is 0.142. The van der Waals surface area contributed by atoms with E-state index in [2.05, 4.69) is 23.7 Å². The summed E-state index contributed by atoms with van der Waals surface area (Å²) in [6, 6.07) is 12.4. The molecule has 0 spiro atoms. The lowest BCUT2D eigenvalue weighted by molar-refractivity contribution is -0.274. The molecule has 0 saturated heterocycles. The van der Waals surface area contributed by atoms with Gasteiger partial charge in [-0.2, -0.15) is 0 Å². The Balaban J connectivity index is 1.98. The molecule has 5 nitrogen and oxygen atoms in total. The van der Waals surface area contributed by atoms with Crippen LogP contribution >= 0.6 is 0 Å². The van der Waals surface area contributed by atoms with Crippen molar-refractivity contribution in [3.63, 3.8) is 0 Å². The number of amidine groups is 1. The van der Waals surface area contributed by atoms with Crippen molar-refractivity contribution < 1.29 is 27.5 Å². The number of oxime groups is 1. The molecule has 0 heterocycles. The van der Waals surface area contributed by atoms with Gasteiger partial charge in [-0.1, -0.05) is 43.3 Å². The minimum atomic E-state index is -4.78. The smallest absolute Gasteiger partial charge is 0.406 e. The number of alkyl halides is 3. The van der Waals surface area contributed by atoms with Crippen LogP contribution < -0.4 is 10.5 Å². The van der Waals surface area contributed by atoms with E-state index in [-0.39, 0.29) is 17.1 Å². The Morgan fingerprint density at radius 1 is 1.03 bits per heavy atom. The van der Waals surface area contributed by atoms with Gasteiger partial charge in [0.05, 0.1) is 5.92 Å². The summed E-state index contributed by atoms with van der Waals surface area (Å²) in [6.07, 6.45) is -3.83. The molecule has 0 fully saturated rings. The van der Waals surface area contributed by atoms with Gasteiger partial charge in [0.2, 0.25) is 0 Å². The Kier molecular flexibility index (Phi) is 7.25. The lowest BCUT2D eigenvalue weighted by Gasteiger charge is -2.11. The highest BCUT2D eigenvalue weighted by molar-refractivity contribution is 5.97. The number of halogens is 3. The topological polar surface area (TPSA) is 73.9 Å². The number of carbonyl (C=O) groups excluding carboxylic acids is 1. The third-order valence-electron chi connectivity index (χ3n) is 4.09. The van der Waals surface area contributed by atoms with E-state index in [1.807, 2.05) is 24.3 Å². The zero-order valence-corrected chi connectivity index (χ0v) is 16.4. The molecule has 0 aliphatic carbocycles. The minimum Gasteiger partial charge on any atom is -0.406 e. The van der Waals surface area contributed by atoms with Crippen molar-refractivity contribution in [2.45, 2.75) is 39.5 Å². The monoisotopic (exact) mass is 408 g/mol. The molecule has 2 aromatic carbocycles. The van der Waals surface area contributed by atoms with E-state index in [0.717, 1.165) is 24.1 Å². The Bertz CT molecular complexity index is 845. The largest absolute Gasteiger partial charge is 0.573 e. The van der Waals surface area contributed by atoms with Gasteiger partial charge < -0.3 is 15.3 Å². The number of benzene rings is 2. The van der Waals surface area contributed by atoms with Gasteiger partial charge in [-0.3, -0.25) is 0 Å². The molecule has 0 radical (unpaired) electrons. The van der Waals surface area contributed by atoms with Crippen LogP contribution in [0, 0.1) is 5.92 Å². The van der Waals surface area contributed by atoms with Crippen LogP contribution in [0.3, 0.4) is 0 Å². The highest BCUT2D eigenvalue weighted by Gasteiger charge is 2.31. The van der Waals surface area contributed by atoms with E-state index in [1.165, 1.54) is 17.7 Å². The molecule has 156 valence electrons. The molecule has 0 bridgehead atoms. The van der Waals surface area contributed by atoms with Crippen molar-refractivity contribution in [3.05, 3.63) is 65.2 Å². The van der Waals surface area contributed by atoms with E-state index in [4.69, 9.17) is 10.6 Å². The summed E-state index contributed by atoms with van der Waals surface area (Å²) in [4.78, 5) is 17.1. The highest BCUT2D eigenvalue weighted by Crippen LogP contribution is 2.23. The van der Waals surface area contributed by atoms with Crippen molar-refractivity contribution >= 4 is 11.8 Å². The quantitative estimate of drug-likeness (QED) is 0.311. The van der Waals surface area contributed by atoms with Gasteiger partial charge in [0.15, 0.2) is 5.84 Å². The van der Waals surface area contributed by atoms with Gasteiger partial charge >= 0.3 is 12.3 Å². The number of carbonyl (C=O) groups is 1. The predicted octanol–water partition coefficient (Wildman–Crippen LogP) is 4.75. The average molecular weight is 408 g/mol. The van der Waals surface area contributed by atoms with Crippen LogP contribution in [0.4, 0.5) is 13.2 Å². The number of ether oxygens (including phenoxy) is 1. The molecule has 0 amide bonds. The first-order valence-electron chi connectivity index (χ1n) is 9.04. The van der Waals surface area contributed by atoms with E-state index in [0.29, 0.717) is 5.92 Å². The third kappa shape index (κ3) is 7.14. The summed E-state index contributed by atoms with van der Waals surface area (Å²) in [7, 11) is 0. The van der Waals surface area contributed by atoms with Crippen LogP contribution in [-0.4, -0.2) is 18.2 Å². The van der Waals surface area contributed by atoms with E-state index >= 15 is 0 Å². The Morgan fingerprint density at radius 3 is 2.14 bits per heavy atom. The molecule has 0 aromatic heterocycles. The maximum atomic E-state index is 12.2. The van der Waals surface area contributed by atoms with E-state index in [1.54, 1.807) is 6.92 Å². The third-order valence-corrected chi connectivity index (χ3v) is 4.09. The zero-order valence-electron chi connectivity index (χ0n) is 16.4. The highest BCUT2D eigenvalue weighted by atomic mass is 19.4. The molecule has 0 saturated carbocycles. The normalized spacial score (nSPS) is 13.3. The molecular formula is C21H23F3N2O3. The van der Waals surface area contributed by atoms with Gasteiger partial charge in [0.25, 0.3) is 0 Å². The average Bonchev–Trinajstić information content (AvgIpc) is 2.64.